The van der Waals surface area contributed by atoms with Crippen molar-refractivity contribution in [2.24, 2.45) is 0 Å². The van der Waals surface area contributed by atoms with Crippen molar-refractivity contribution >= 4 is 33.4 Å². The van der Waals surface area contributed by atoms with Gasteiger partial charge in [0.05, 0.1) is 3.42 Å². The zero-order chi connectivity index (χ0) is 19.8. The number of hydrogen-bond donors (Lipinski definition) is 0. The van der Waals surface area contributed by atoms with E-state index in [9.17, 15) is 0 Å². The summed E-state index contributed by atoms with van der Waals surface area (Å²) in [5.41, 5.74) is 8.91. The zero-order valence-electron chi connectivity index (χ0n) is 17.5. The van der Waals surface area contributed by atoms with Crippen molar-refractivity contribution in [2.45, 2.75) is 62.7 Å². The molecular formula is C26H29I. The zero-order valence-corrected chi connectivity index (χ0v) is 19.7. The molecule has 0 saturated carbocycles. The van der Waals surface area contributed by atoms with E-state index in [2.05, 4.69) is 120 Å². The first-order chi connectivity index (χ1) is 12.4. The number of hydrogen-bond acceptors (Lipinski definition) is 0. The molecule has 1 atom stereocenters. The summed E-state index contributed by atoms with van der Waals surface area (Å²) >= 11 is 2.67. The van der Waals surface area contributed by atoms with E-state index in [4.69, 9.17) is 0 Å². The van der Waals surface area contributed by atoms with Gasteiger partial charge in [0.1, 0.15) is 0 Å². The predicted molar refractivity (Wildman–Crippen MR) is 127 cm³/mol. The molecule has 27 heavy (non-hydrogen) atoms. The minimum atomic E-state index is -0.00623. The van der Waals surface area contributed by atoms with Gasteiger partial charge in [0.15, 0.2) is 0 Å². The topological polar surface area (TPSA) is 0 Å². The fourth-order valence-electron chi connectivity index (χ4n) is 4.42. The molecule has 0 aromatic heterocycles. The van der Waals surface area contributed by atoms with Gasteiger partial charge in [-0.2, -0.15) is 0 Å². The molecule has 3 aromatic rings. The van der Waals surface area contributed by atoms with Crippen LogP contribution in [-0.2, 0) is 14.3 Å². The second kappa shape index (κ2) is 5.83. The van der Waals surface area contributed by atoms with Crippen molar-refractivity contribution in [1.82, 2.24) is 0 Å². The smallest absolute Gasteiger partial charge is 0.0686 e. The average molecular weight is 468 g/mol. The SMILES string of the molecule is CC(C)(C)c1ccc2c(c1)C(C)(I)c1cc(C(C)(C)C)c3ccccc3c1-2. The summed E-state index contributed by atoms with van der Waals surface area (Å²) in [4.78, 5) is 0. The molecule has 0 bridgehead atoms. The van der Waals surface area contributed by atoms with Crippen molar-refractivity contribution in [3.8, 4) is 11.1 Å². The highest BCUT2D eigenvalue weighted by Crippen LogP contribution is 2.56. The van der Waals surface area contributed by atoms with Crippen LogP contribution in [0.4, 0.5) is 0 Å². The van der Waals surface area contributed by atoms with Crippen molar-refractivity contribution in [1.29, 1.82) is 0 Å². The molecule has 0 N–H and O–H groups in total. The van der Waals surface area contributed by atoms with E-state index in [1.165, 1.54) is 44.2 Å². The molecule has 1 heteroatoms. The van der Waals surface area contributed by atoms with Crippen molar-refractivity contribution in [3.63, 3.8) is 0 Å². The summed E-state index contributed by atoms with van der Waals surface area (Å²) in [5, 5.41) is 2.79. The first-order valence-corrected chi connectivity index (χ1v) is 10.9. The Hall–Kier alpha value is -1.35. The third kappa shape index (κ3) is 2.85. The van der Waals surface area contributed by atoms with Crippen LogP contribution in [0.15, 0.2) is 48.5 Å². The van der Waals surface area contributed by atoms with Crippen LogP contribution in [0.3, 0.4) is 0 Å². The first-order valence-electron chi connectivity index (χ1n) is 9.83. The lowest BCUT2D eigenvalue weighted by Gasteiger charge is -2.27. The number of fused-ring (bicyclic) bond motifs is 5. The normalized spacial score (nSPS) is 19.3. The van der Waals surface area contributed by atoms with E-state index in [0.717, 1.165) is 0 Å². The van der Waals surface area contributed by atoms with Gasteiger partial charge in [-0.05, 0) is 61.9 Å². The van der Waals surface area contributed by atoms with Crippen molar-refractivity contribution in [3.05, 3.63) is 70.8 Å². The van der Waals surface area contributed by atoms with Crippen molar-refractivity contribution in [2.75, 3.05) is 0 Å². The fraction of sp³-hybridized carbons (Fsp3) is 0.385. The average Bonchev–Trinajstić information content (AvgIpc) is 2.80. The summed E-state index contributed by atoms with van der Waals surface area (Å²) in [5.74, 6) is 0. The molecule has 1 unspecified atom stereocenters. The molecule has 0 radical (unpaired) electrons. The second-order valence-corrected chi connectivity index (χ2v) is 12.3. The molecule has 140 valence electrons. The molecule has 0 aliphatic heterocycles. The Morgan fingerprint density at radius 3 is 1.96 bits per heavy atom. The van der Waals surface area contributed by atoms with E-state index in [-0.39, 0.29) is 14.3 Å². The van der Waals surface area contributed by atoms with E-state index in [1.807, 2.05) is 0 Å². The first kappa shape index (κ1) is 19.0. The Kier molecular flexibility index (Phi) is 4.10. The standard InChI is InChI=1S/C26H29I/c1-24(2,3)16-12-13-19-21(14-16)26(7,27)22-15-20(25(4,5)6)17-10-8-9-11-18(17)23(19)22/h8-15H,1-7H3. The quantitative estimate of drug-likeness (QED) is 0.231. The van der Waals surface area contributed by atoms with Crippen LogP contribution < -0.4 is 0 Å². The fourth-order valence-corrected chi connectivity index (χ4v) is 5.29. The lowest BCUT2D eigenvalue weighted by Crippen LogP contribution is -2.17. The highest BCUT2D eigenvalue weighted by Gasteiger charge is 2.40. The van der Waals surface area contributed by atoms with Gasteiger partial charge >= 0.3 is 0 Å². The molecule has 0 saturated heterocycles. The van der Waals surface area contributed by atoms with E-state index in [0.29, 0.717) is 0 Å². The summed E-state index contributed by atoms with van der Waals surface area (Å²) in [7, 11) is 0. The van der Waals surface area contributed by atoms with Gasteiger partial charge in [-0.25, -0.2) is 0 Å². The largest absolute Gasteiger partial charge is 0.0702 e. The third-order valence-electron chi connectivity index (χ3n) is 6.02. The lowest BCUT2D eigenvalue weighted by molar-refractivity contribution is 0.589. The van der Waals surface area contributed by atoms with Gasteiger partial charge in [-0.3, -0.25) is 0 Å². The van der Waals surface area contributed by atoms with Gasteiger partial charge in [-0.15, -0.1) is 0 Å². The Balaban J connectivity index is 2.12. The minimum Gasteiger partial charge on any atom is -0.0686 e. The number of rotatable bonds is 0. The third-order valence-corrected chi connectivity index (χ3v) is 7.18. The summed E-state index contributed by atoms with van der Waals surface area (Å²) in [6.45, 7) is 16.3. The molecule has 0 heterocycles. The van der Waals surface area contributed by atoms with Gasteiger partial charge in [0, 0.05) is 0 Å². The molecule has 4 rings (SSSR count). The Bertz CT molecular complexity index is 1060. The molecule has 0 fully saturated rings. The van der Waals surface area contributed by atoms with E-state index < -0.39 is 0 Å². The van der Waals surface area contributed by atoms with Gasteiger partial charge in [-0.1, -0.05) is 113 Å². The number of halogens is 1. The van der Waals surface area contributed by atoms with Crippen LogP contribution in [0.25, 0.3) is 21.9 Å². The van der Waals surface area contributed by atoms with Crippen molar-refractivity contribution < 1.29 is 0 Å². The monoisotopic (exact) mass is 468 g/mol. The Labute approximate surface area is 177 Å². The highest BCUT2D eigenvalue weighted by atomic mass is 127. The van der Waals surface area contributed by atoms with E-state index >= 15 is 0 Å². The molecule has 1 aliphatic carbocycles. The molecule has 1 aliphatic rings. The van der Waals surface area contributed by atoms with Crippen LogP contribution in [-0.4, -0.2) is 0 Å². The molecular weight excluding hydrogens is 439 g/mol. The predicted octanol–water partition coefficient (Wildman–Crippen LogP) is 8.11. The molecule has 0 nitrogen and oxygen atoms in total. The van der Waals surface area contributed by atoms with Crippen LogP contribution >= 0.6 is 22.6 Å². The van der Waals surface area contributed by atoms with Crippen LogP contribution in [0, 0.1) is 0 Å². The maximum atomic E-state index is 2.67. The van der Waals surface area contributed by atoms with Crippen LogP contribution in [0.5, 0.6) is 0 Å². The van der Waals surface area contributed by atoms with Gasteiger partial charge in [0.2, 0.25) is 0 Å². The van der Waals surface area contributed by atoms with Gasteiger partial charge < -0.3 is 0 Å². The Morgan fingerprint density at radius 1 is 0.741 bits per heavy atom. The maximum Gasteiger partial charge on any atom is 0.0702 e. The van der Waals surface area contributed by atoms with Gasteiger partial charge in [0.25, 0.3) is 0 Å². The number of benzene rings is 3. The summed E-state index contributed by atoms with van der Waals surface area (Å²) in [6.07, 6.45) is 0. The Morgan fingerprint density at radius 2 is 1.37 bits per heavy atom. The molecule has 0 spiro atoms. The summed E-state index contributed by atoms with van der Waals surface area (Å²) in [6, 6.07) is 18.6. The van der Waals surface area contributed by atoms with Crippen LogP contribution in [0.2, 0.25) is 0 Å². The van der Waals surface area contributed by atoms with Crippen LogP contribution in [0.1, 0.15) is 70.7 Å². The molecule has 3 aromatic carbocycles. The lowest BCUT2D eigenvalue weighted by atomic mass is 9.80. The summed E-state index contributed by atoms with van der Waals surface area (Å²) < 4.78 is -0.00623. The highest BCUT2D eigenvalue weighted by molar-refractivity contribution is 14.1. The minimum absolute atomic E-state index is 0.00623. The number of alkyl halides is 1. The molecule has 0 amide bonds. The second-order valence-electron chi connectivity index (χ2n) is 10.2. The van der Waals surface area contributed by atoms with E-state index in [1.54, 1.807) is 0 Å². The maximum absolute atomic E-state index is 2.67.